The molecule has 1 aliphatic carbocycles. The van der Waals surface area contributed by atoms with Crippen LogP contribution in [0.15, 0.2) is 48.0 Å². The van der Waals surface area contributed by atoms with Crippen molar-refractivity contribution in [2.24, 2.45) is 0 Å². The molecule has 160 valence electrons. The summed E-state index contributed by atoms with van der Waals surface area (Å²) in [5.74, 6) is -0.585. The molecule has 0 heterocycles. The number of rotatable bonds is 7. The van der Waals surface area contributed by atoms with E-state index in [1.54, 1.807) is 31.4 Å². The fraction of sp³-hybridized carbons (Fsp3) is 0.320. The fourth-order valence-corrected chi connectivity index (χ4v) is 3.60. The Labute approximate surface area is 182 Å². The molecule has 6 nitrogen and oxygen atoms in total. The zero-order valence-corrected chi connectivity index (χ0v) is 17.8. The van der Waals surface area contributed by atoms with Crippen LogP contribution in [0.3, 0.4) is 0 Å². The van der Waals surface area contributed by atoms with Crippen LogP contribution in [0.1, 0.15) is 48.1 Å². The van der Waals surface area contributed by atoms with E-state index in [2.05, 4.69) is 17.4 Å². The summed E-state index contributed by atoms with van der Waals surface area (Å²) in [5.41, 5.74) is 4.23. The van der Waals surface area contributed by atoms with E-state index in [-0.39, 0.29) is 11.6 Å². The first-order valence-electron chi connectivity index (χ1n) is 10.3. The third-order valence-corrected chi connectivity index (χ3v) is 5.35. The molecule has 0 fully saturated rings. The Kier molecular flexibility index (Phi) is 7.45. The Morgan fingerprint density at radius 1 is 1.13 bits per heavy atom. The van der Waals surface area contributed by atoms with Gasteiger partial charge in [0.05, 0.1) is 13.2 Å². The predicted octanol–water partition coefficient (Wildman–Crippen LogP) is 3.90. The highest BCUT2D eigenvalue weighted by molar-refractivity contribution is 5.98. The molecule has 3 rings (SSSR count). The van der Waals surface area contributed by atoms with Crippen molar-refractivity contribution in [3.05, 3.63) is 70.3 Å². The van der Waals surface area contributed by atoms with Crippen LogP contribution < -0.4 is 10.1 Å². The number of ether oxygens (including phenoxy) is 2. The standard InChI is InChI=1S/C25H26N2O4/c1-17(20-10-9-19-5-3-4-6-21(19)14-20)27-24(28)16-31-25(29)22(15-26)13-18-7-11-23(30-2)12-8-18/h7-14,17H,3-6,16H2,1-2H3,(H,27,28)/b22-13+/t17-/m0/s1. The zero-order valence-electron chi connectivity index (χ0n) is 17.8. The van der Waals surface area contributed by atoms with Gasteiger partial charge < -0.3 is 14.8 Å². The van der Waals surface area contributed by atoms with Crippen molar-refractivity contribution >= 4 is 18.0 Å². The summed E-state index contributed by atoms with van der Waals surface area (Å²) in [6.07, 6.45) is 6.01. The minimum atomic E-state index is -0.838. The highest BCUT2D eigenvalue weighted by Gasteiger charge is 2.17. The van der Waals surface area contributed by atoms with Gasteiger partial charge in [-0.15, -0.1) is 0 Å². The lowest BCUT2D eigenvalue weighted by atomic mass is 9.89. The zero-order chi connectivity index (χ0) is 22.2. The average Bonchev–Trinajstić information content (AvgIpc) is 2.81. The third-order valence-electron chi connectivity index (χ3n) is 5.35. The van der Waals surface area contributed by atoms with Crippen LogP contribution in [0, 0.1) is 11.3 Å². The Balaban J connectivity index is 1.54. The number of aryl methyl sites for hydroxylation is 2. The van der Waals surface area contributed by atoms with Gasteiger partial charge in [-0.25, -0.2) is 4.79 Å². The Morgan fingerprint density at radius 2 is 1.84 bits per heavy atom. The van der Waals surface area contributed by atoms with Crippen LogP contribution in [0.4, 0.5) is 0 Å². The van der Waals surface area contributed by atoms with Crippen molar-refractivity contribution in [2.45, 2.75) is 38.6 Å². The number of benzene rings is 2. The van der Waals surface area contributed by atoms with Crippen molar-refractivity contribution in [1.82, 2.24) is 5.32 Å². The summed E-state index contributed by atoms with van der Waals surface area (Å²) in [6.45, 7) is 1.45. The monoisotopic (exact) mass is 418 g/mol. The van der Waals surface area contributed by atoms with Gasteiger partial charge in [0.25, 0.3) is 5.91 Å². The molecule has 31 heavy (non-hydrogen) atoms. The first-order chi connectivity index (χ1) is 15.0. The predicted molar refractivity (Wildman–Crippen MR) is 117 cm³/mol. The molecule has 0 unspecified atom stereocenters. The number of amides is 1. The summed E-state index contributed by atoms with van der Waals surface area (Å²) in [7, 11) is 1.56. The second-order valence-electron chi connectivity index (χ2n) is 7.54. The molecule has 0 aromatic heterocycles. The van der Waals surface area contributed by atoms with Gasteiger partial charge in [0.15, 0.2) is 6.61 Å². The maximum atomic E-state index is 12.3. The highest BCUT2D eigenvalue weighted by atomic mass is 16.5. The van der Waals surface area contributed by atoms with Crippen molar-refractivity contribution in [3.63, 3.8) is 0 Å². The highest BCUT2D eigenvalue weighted by Crippen LogP contribution is 2.24. The molecular weight excluding hydrogens is 392 g/mol. The molecule has 1 N–H and O–H groups in total. The number of hydrogen-bond acceptors (Lipinski definition) is 5. The number of carbonyl (C=O) groups is 2. The molecule has 1 atom stereocenters. The molecule has 1 amide bonds. The summed E-state index contributed by atoms with van der Waals surface area (Å²) in [5, 5.41) is 12.1. The molecule has 1 aliphatic rings. The van der Waals surface area contributed by atoms with Gasteiger partial charge >= 0.3 is 5.97 Å². The largest absolute Gasteiger partial charge is 0.497 e. The molecule has 2 aromatic carbocycles. The van der Waals surface area contributed by atoms with E-state index in [0.717, 1.165) is 18.4 Å². The first kappa shape index (κ1) is 22.1. The number of nitrogens with zero attached hydrogens (tertiary/aromatic N) is 1. The molecule has 0 spiro atoms. The van der Waals surface area contributed by atoms with Gasteiger partial charge in [-0.1, -0.05) is 30.3 Å². The second kappa shape index (κ2) is 10.4. The van der Waals surface area contributed by atoms with Gasteiger partial charge in [0.2, 0.25) is 0 Å². The lowest BCUT2D eigenvalue weighted by Crippen LogP contribution is -2.31. The van der Waals surface area contributed by atoms with Crippen LogP contribution in [-0.4, -0.2) is 25.6 Å². The molecule has 0 radical (unpaired) electrons. The Bertz CT molecular complexity index is 1020. The van der Waals surface area contributed by atoms with Gasteiger partial charge in [-0.3, -0.25) is 4.79 Å². The number of carbonyl (C=O) groups excluding carboxylic acids is 2. The minimum Gasteiger partial charge on any atom is -0.497 e. The van der Waals surface area contributed by atoms with Crippen molar-refractivity contribution in [1.29, 1.82) is 5.26 Å². The van der Waals surface area contributed by atoms with Crippen LogP contribution in [-0.2, 0) is 27.2 Å². The molecule has 0 bridgehead atoms. The second-order valence-corrected chi connectivity index (χ2v) is 7.54. The molecular formula is C25H26N2O4. The molecule has 0 saturated heterocycles. The van der Waals surface area contributed by atoms with E-state index < -0.39 is 18.5 Å². The van der Waals surface area contributed by atoms with E-state index in [0.29, 0.717) is 11.3 Å². The Morgan fingerprint density at radius 3 is 2.52 bits per heavy atom. The normalized spacial score (nSPS) is 14.0. The number of methoxy groups -OCH3 is 1. The molecule has 0 saturated carbocycles. The van der Waals surface area contributed by atoms with Crippen LogP contribution in [0.5, 0.6) is 5.75 Å². The van der Waals surface area contributed by atoms with Gasteiger partial charge in [0.1, 0.15) is 17.4 Å². The lowest BCUT2D eigenvalue weighted by Gasteiger charge is -2.20. The summed E-state index contributed by atoms with van der Waals surface area (Å²) in [4.78, 5) is 24.5. The van der Waals surface area contributed by atoms with E-state index in [9.17, 15) is 14.9 Å². The Hall–Kier alpha value is -3.59. The van der Waals surface area contributed by atoms with Crippen LogP contribution in [0.2, 0.25) is 0 Å². The minimum absolute atomic E-state index is 0.180. The summed E-state index contributed by atoms with van der Waals surface area (Å²) >= 11 is 0. The lowest BCUT2D eigenvalue weighted by molar-refractivity contribution is -0.144. The van der Waals surface area contributed by atoms with Crippen molar-refractivity contribution < 1.29 is 19.1 Å². The van der Waals surface area contributed by atoms with E-state index in [4.69, 9.17) is 9.47 Å². The quantitative estimate of drug-likeness (QED) is 0.418. The maximum Gasteiger partial charge on any atom is 0.349 e. The summed E-state index contributed by atoms with van der Waals surface area (Å²) in [6, 6.07) is 14.8. The van der Waals surface area contributed by atoms with Crippen LogP contribution in [0.25, 0.3) is 6.08 Å². The SMILES string of the molecule is COc1ccc(/C=C(\C#N)C(=O)OCC(=O)N[C@@H](C)c2ccc3c(c2)CCCC3)cc1. The maximum absolute atomic E-state index is 12.3. The van der Waals surface area contributed by atoms with E-state index >= 15 is 0 Å². The average molecular weight is 418 g/mol. The number of nitrogens with one attached hydrogen (secondary N) is 1. The van der Waals surface area contributed by atoms with Crippen LogP contribution >= 0.6 is 0 Å². The fourth-order valence-electron chi connectivity index (χ4n) is 3.60. The number of hydrogen-bond donors (Lipinski definition) is 1. The third kappa shape index (κ3) is 5.95. The van der Waals surface area contributed by atoms with Crippen molar-refractivity contribution in [2.75, 3.05) is 13.7 Å². The molecule has 2 aromatic rings. The van der Waals surface area contributed by atoms with Gasteiger partial charge in [-0.2, -0.15) is 5.26 Å². The van der Waals surface area contributed by atoms with E-state index in [1.165, 1.54) is 30.0 Å². The number of fused-ring (bicyclic) bond motifs is 1. The van der Waals surface area contributed by atoms with Gasteiger partial charge in [0, 0.05) is 0 Å². The van der Waals surface area contributed by atoms with Crippen molar-refractivity contribution in [3.8, 4) is 11.8 Å². The molecule has 6 heteroatoms. The summed E-state index contributed by atoms with van der Waals surface area (Å²) < 4.78 is 10.1. The van der Waals surface area contributed by atoms with Gasteiger partial charge in [-0.05, 0) is 73.1 Å². The number of nitriles is 1. The molecule has 0 aliphatic heterocycles. The smallest absolute Gasteiger partial charge is 0.349 e. The first-order valence-corrected chi connectivity index (χ1v) is 10.3. The topological polar surface area (TPSA) is 88.4 Å². The van der Waals surface area contributed by atoms with E-state index in [1.807, 2.05) is 19.1 Å². The number of esters is 1.